The summed E-state index contributed by atoms with van der Waals surface area (Å²) in [5.74, 6) is 1.55. The third kappa shape index (κ3) is 2.10. The van der Waals surface area contributed by atoms with E-state index in [1.807, 2.05) is 0 Å². The van der Waals surface area contributed by atoms with Crippen molar-refractivity contribution in [3.8, 4) is 0 Å². The van der Waals surface area contributed by atoms with Crippen molar-refractivity contribution in [3.63, 3.8) is 0 Å². The van der Waals surface area contributed by atoms with Gasteiger partial charge in [-0.3, -0.25) is 9.69 Å². The molecule has 2 aliphatic rings. The van der Waals surface area contributed by atoms with E-state index < -0.39 is 0 Å². The van der Waals surface area contributed by atoms with Crippen LogP contribution in [0.3, 0.4) is 0 Å². The van der Waals surface area contributed by atoms with Crippen molar-refractivity contribution < 1.29 is 4.79 Å². The second-order valence-electron chi connectivity index (χ2n) is 6.13. The molecule has 1 aliphatic heterocycles. The van der Waals surface area contributed by atoms with Crippen LogP contribution in [0.15, 0.2) is 0 Å². The van der Waals surface area contributed by atoms with Gasteiger partial charge < -0.3 is 0 Å². The van der Waals surface area contributed by atoms with Crippen molar-refractivity contribution in [2.45, 2.75) is 46.6 Å². The smallest absolute Gasteiger partial charge is 0.138 e. The van der Waals surface area contributed by atoms with Crippen LogP contribution in [0.4, 0.5) is 0 Å². The first kappa shape index (κ1) is 11.1. The highest BCUT2D eigenvalue weighted by molar-refractivity contribution is 5.82. The maximum atomic E-state index is 11.6. The summed E-state index contributed by atoms with van der Waals surface area (Å²) in [4.78, 5) is 14.1. The molecule has 1 saturated carbocycles. The Morgan fingerprint density at radius 1 is 1.40 bits per heavy atom. The van der Waals surface area contributed by atoms with Gasteiger partial charge in [0, 0.05) is 31.5 Å². The molecule has 0 bridgehead atoms. The van der Waals surface area contributed by atoms with Crippen LogP contribution in [-0.4, -0.2) is 29.8 Å². The van der Waals surface area contributed by atoms with E-state index in [4.69, 9.17) is 0 Å². The fraction of sp³-hybridized carbons (Fsp3) is 0.923. The third-order valence-corrected chi connectivity index (χ3v) is 4.63. The van der Waals surface area contributed by atoms with Gasteiger partial charge in [-0.05, 0) is 24.7 Å². The van der Waals surface area contributed by atoms with E-state index in [0.717, 1.165) is 18.9 Å². The molecule has 2 heteroatoms. The van der Waals surface area contributed by atoms with Crippen molar-refractivity contribution in [3.05, 3.63) is 0 Å². The lowest BCUT2D eigenvalue weighted by atomic mass is 9.90. The molecule has 1 saturated heterocycles. The second kappa shape index (κ2) is 3.58. The maximum absolute atomic E-state index is 11.6. The predicted octanol–water partition coefficient (Wildman–Crippen LogP) is 2.33. The molecule has 0 aromatic heterocycles. The highest BCUT2D eigenvalue weighted by Crippen LogP contribution is 2.52. The molecule has 0 N–H and O–H groups in total. The Labute approximate surface area is 93.0 Å². The Hall–Kier alpha value is -0.370. The Balaban J connectivity index is 1.91. The molecule has 1 aliphatic carbocycles. The van der Waals surface area contributed by atoms with Crippen LogP contribution in [0.5, 0.6) is 0 Å². The van der Waals surface area contributed by atoms with E-state index in [2.05, 4.69) is 32.6 Å². The topological polar surface area (TPSA) is 20.3 Å². The van der Waals surface area contributed by atoms with Crippen LogP contribution < -0.4 is 0 Å². The Bertz CT molecular complexity index is 272. The SMILES string of the molecule is CC1C(=O)CCN(CC2CC2(C)C)C1C. The summed E-state index contributed by atoms with van der Waals surface area (Å²) in [6, 6.07) is 0.447. The minimum Gasteiger partial charge on any atom is -0.299 e. The number of hydrogen-bond acceptors (Lipinski definition) is 2. The highest BCUT2D eigenvalue weighted by atomic mass is 16.1. The first-order valence-corrected chi connectivity index (χ1v) is 6.18. The average Bonchev–Trinajstić information content (AvgIpc) is 2.75. The van der Waals surface area contributed by atoms with Crippen LogP contribution in [0.2, 0.25) is 0 Å². The molecule has 1 heterocycles. The monoisotopic (exact) mass is 209 g/mol. The van der Waals surface area contributed by atoms with Gasteiger partial charge >= 0.3 is 0 Å². The van der Waals surface area contributed by atoms with Gasteiger partial charge in [0.05, 0.1) is 0 Å². The van der Waals surface area contributed by atoms with Crippen molar-refractivity contribution in [1.29, 1.82) is 0 Å². The Morgan fingerprint density at radius 3 is 2.53 bits per heavy atom. The summed E-state index contributed by atoms with van der Waals surface area (Å²) in [5.41, 5.74) is 0.560. The summed E-state index contributed by atoms with van der Waals surface area (Å²) < 4.78 is 0. The molecule has 2 fully saturated rings. The lowest BCUT2D eigenvalue weighted by Gasteiger charge is -2.37. The first-order valence-electron chi connectivity index (χ1n) is 6.18. The molecular formula is C13H23NO. The van der Waals surface area contributed by atoms with E-state index in [0.29, 0.717) is 17.2 Å². The Morgan fingerprint density at radius 2 is 2.00 bits per heavy atom. The van der Waals surface area contributed by atoms with Crippen LogP contribution in [0.1, 0.15) is 40.5 Å². The van der Waals surface area contributed by atoms with E-state index in [1.54, 1.807) is 0 Å². The van der Waals surface area contributed by atoms with E-state index in [1.165, 1.54) is 13.0 Å². The van der Waals surface area contributed by atoms with Gasteiger partial charge in [0.25, 0.3) is 0 Å². The third-order valence-electron chi connectivity index (χ3n) is 4.63. The minimum atomic E-state index is 0.237. The summed E-state index contributed by atoms with van der Waals surface area (Å²) in [7, 11) is 0. The molecular weight excluding hydrogens is 186 g/mol. The van der Waals surface area contributed by atoms with Gasteiger partial charge in [0.15, 0.2) is 0 Å². The molecule has 3 atom stereocenters. The van der Waals surface area contributed by atoms with Gasteiger partial charge in [-0.2, -0.15) is 0 Å². The molecule has 15 heavy (non-hydrogen) atoms. The fourth-order valence-electron chi connectivity index (χ4n) is 2.70. The zero-order valence-electron chi connectivity index (χ0n) is 10.4. The van der Waals surface area contributed by atoms with E-state index >= 15 is 0 Å². The molecule has 3 unspecified atom stereocenters. The molecule has 0 spiro atoms. The number of piperidine rings is 1. The van der Waals surface area contributed by atoms with Crippen molar-refractivity contribution in [1.82, 2.24) is 4.90 Å². The van der Waals surface area contributed by atoms with Crippen LogP contribution >= 0.6 is 0 Å². The van der Waals surface area contributed by atoms with Crippen LogP contribution in [0, 0.1) is 17.3 Å². The normalized spacial score (nSPS) is 40.5. The zero-order valence-corrected chi connectivity index (χ0v) is 10.4. The molecule has 86 valence electrons. The van der Waals surface area contributed by atoms with Gasteiger partial charge in [-0.25, -0.2) is 0 Å². The number of ketones is 1. The lowest BCUT2D eigenvalue weighted by molar-refractivity contribution is -0.127. The number of likely N-dealkylation sites (tertiary alicyclic amines) is 1. The van der Waals surface area contributed by atoms with Gasteiger partial charge in [-0.1, -0.05) is 20.8 Å². The van der Waals surface area contributed by atoms with Crippen molar-refractivity contribution in [2.24, 2.45) is 17.3 Å². The lowest BCUT2D eigenvalue weighted by Crippen LogP contribution is -2.47. The number of carbonyl (C=O) groups is 1. The number of carbonyl (C=O) groups excluding carboxylic acids is 1. The minimum absolute atomic E-state index is 0.237. The predicted molar refractivity (Wildman–Crippen MR) is 61.7 cm³/mol. The quantitative estimate of drug-likeness (QED) is 0.695. The summed E-state index contributed by atoms with van der Waals surface area (Å²) in [6.07, 6.45) is 2.12. The highest BCUT2D eigenvalue weighted by Gasteiger charge is 2.47. The van der Waals surface area contributed by atoms with Crippen molar-refractivity contribution >= 4 is 5.78 Å². The second-order valence-corrected chi connectivity index (χ2v) is 6.13. The van der Waals surface area contributed by atoms with E-state index in [-0.39, 0.29) is 5.92 Å². The molecule has 2 rings (SSSR count). The number of hydrogen-bond donors (Lipinski definition) is 0. The first-order chi connectivity index (χ1) is 6.92. The van der Waals surface area contributed by atoms with Crippen LogP contribution in [0.25, 0.3) is 0 Å². The summed E-state index contributed by atoms with van der Waals surface area (Å²) in [6.45, 7) is 11.2. The maximum Gasteiger partial charge on any atom is 0.138 e. The number of Topliss-reactive ketones (excluding diaryl/α,β-unsaturated/α-hetero) is 1. The van der Waals surface area contributed by atoms with Gasteiger partial charge in [-0.15, -0.1) is 0 Å². The molecule has 0 radical (unpaired) electrons. The standard InChI is InChI=1S/C13H23NO/c1-9-10(2)14(6-5-12(9)15)8-11-7-13(11,3)4/h9-11H,5-8H2,1-4H3. The summed E-state index contributed by atoms with van der Waals surface area (Å²) in [5, 5.41) is 0. The van der Waals surface area contributed by atoms with E-state index in [9.17, 15) is 4.79 Å². The fourth-order valence-corrected chi connectivity index (χ4v) is 2.70. The van der Waals surface area contributed by atoms with Crippen molar-refractivity contribution in [2.75, 3.05) is 13.1 Å². The zero-order chi connectivity index (χ0) is 11.2. The molecule has 0 amide bonds. The molecule has 0 aromatic carbocycles. The van der Waals surface area contributed by atoms with Gasteiger partial charge in [0.1, 0.15) is 5.78 Å². The van der Waals surface area contributed by atoms with Crippen LogP contribution in [-0.2, 0) is 4.79 Å². The largest absolute Gasteiger partial charge is 0.299 e. The Kier molecular flexibility index (Phi) is 2.66. The average molecular weight is 209 g/mol. The van der Waals surface area contributed by atoms with Gasteiger partial charge in [0.2, 0.25) is 0 Å². The number of nitrogens with zero attached hydrogens (tertiary/aromatic N) is 1. The molecule has 2 nitrogen and oxygen atoms in total. The number of rotatable bonds is 2. The summed E-state index contributed by atoms with van der Waals surface area (Å²) >= 11 is 0. The molecule has 0 aromatic rings.